The SMILES string of the molecule is CN(C)c1c(O)ccc2c1CC[C@@H]1[C@@H]2CC[C@]2(C)C(=O)CC[C@@H]12. The molecule has 1 aromatic rings. The highest BCUT2D eigenvalue weighted by atomic mass is 16.3. The molecule has 0 bridgehead atoms. The molecule has 3 nitrogen and oxygen atoms in total. The van der Waals surface area contributed by atoms with Gasteiger partial charge in [0.2, 0.25) is 0 Å². The summed E-state index contributed by atoms with van der Waals surface area (Å²) in [5.41, 5.74) is 3.71. The second-order valence-electron chi connectivity index (χ2n) is 8.23. The highest BCUT2D eigenvalue weighted by Crippen LogP contribution is 2.60. The van der Waals surface area contributed by atoms with Gasteiger partial charge in [0.1, 0.15) is 11.5 Å². The fourth-order valence-electron chi connectivity index (χ4n) is 5.91. The highest BCUT2D eigenvalue weighted by molar-refractivity contribution is 5.87. The number of fused-ring (bicyclic) bond motifs is 5. The number of hydrogen-bond donors (Lipinski definition) is 1. The fourth-order valence-corrected chi connectivity index (χ4v) is 5.91. The molecule has 0 amide bonds. The average Bonchev–Trinajstić information content (AvgIpc) is 2.82. The zero-order valence-corrected chi connectivity index (χ0v) is 14.4. The Morgan fingerprint density at radius 2 is 1.96 bits per heavy atom. The third kappa shape index (κ3) is 1.98. The summed E-state index contributed by atoms with van der Waals surface area (Å²) in [6, 6.07) is 4.01. The number of anilines is 1. The summed E-state index contributed by atoms with van der Waals surface area (Å²) in [4.78, 5) is 14.4. The van der Waals surface area contributed by atoms with Crippen LogP contribution in [-0.4, -0.2) is 25.0 Å². The van der Waals surface area contributed by atoms with Crippen molar-refractivity contribution in [2.75, 3.05) is 19.0 Å². The Kier molecular flexibility index (Phi) is 3.26. The van der Waals surface area contributed by atoms with Crippen LogP contribution in [0, 0.1) is 17.3 Å². The minimum Gasteiger partial charge on any atom is -0.506 e. The molecule has 124 valence electrons. The maximum atomic E-state index is 12.4. The molecule has 23 heavy (non-hydrogen) atoms. The minimum atomic E-state index is -0.0556. The third-order valence-corrected chi connectivity index (χ3v) is 7.02. The molecule has 0 radical (unpaired) electrons. The molecule has 4 rings (SSSR count). The number of ketones is 1. The van der Waals surface area contributed by atoms with Crippen LogP contribution in [0.1, 0.15) is 56.1 Å². The summed E-state index contributed by atoms with van der Waals surface area (Å²) in [6.07, 6.45) is 6.22. The summed E-state index contributed by atoms with van der Waals surface area (Å²) >= 11 is 0. The van der Waals surface area contributed by atoms with Crippen LogP contribution in [0.4, 0.5) is 5.69 Å². The van der Waals surface area contributed by atoms with E-state index in [4.69, 9.17) is 0 Å². The highest BCUT2D eigenvalue weighted by Gasteiger charge is 2.54. The molecule has 4 atom stereocenters. The van der Waals surface area contributed by atoms with Gasteiger partial charge in [0.25, 0.3) is 0 Å². The number of Topliss-reactive ketones (excluding diaryl/α,β-unsaturated/α-hetero) is 1. The molecule has 0 saturated heterocycles. The molecule has 1 N–H and O–H groups in total. The van der Waals surface area contributed by atoms with Crippen LogP contribution in [0.2, 0.25) is 0 Å². The first-order valence-electron chi connectivity index (χ1n) is 8.99. The first-order chi connectivity index (χ1) is 10.9. The maximum absolute atomic E-state index is 12.4. The molecule has 2 saturated carbocycles. The van der Waals surface area contributed by atoms with Crippen molar-refractivity contribution in [2.45, 2.75) is 51.4 Å². The lowest BCUT2D eigenvalue weighted by atomic mass is 9.55. The number of phenols is 1. The minimum absolute atomic E-state index is 0.0556. The molecule has 3 heteroatoms. The summed E-state index contributed by atoms with van der Waals surface area (Å²) in [5.74, 6) is 2.68. The Bertz CT molecular complexity index is 666. The first-order valence-corrected chi connectivity index (χ1v) is 8.99. The number of phenolic OH excluding ortho intramolecular Hbond substituents is 1. The second kappa shape index (κ2) is 4.99. The molecule has 3 aliphatic rings. The van der Waals surface area contributed by atoms with Crippen LogP contribution < -0.4 is 4.90 Å². The Labute approximate surface area is 138 Å². The smallest absolute Gasteiger partial charge is 0.139 e. The molecule has 0 aromatic heterocycles. The number of carbonyl (C=O) groups is 1. The number of rotatable bonds is 1. The quantitative estimate of drug-likeness (QED) is 0.855. The average molecular weight is 313 g/mol. The summed E-state index contributed by atoms with van der Waals surface area (Å²) in [5, 5.41) is 10.3. The van der Waals surface area contributed by atoms with Crippen molar-refractivity contribution in [3.8, 4) is 5.75 Å². The van der Waals surface area contributed by atoms with Crippen molar-refractivity contribution in [2.24, 2.45) is 17.3 Å². The largest absolute Gasteiger partial charge is 0.506 e. The maximum Gasteiger partial charge on any atom is 0.139 e. The van der Waals surface area contributed by atoms with Crippen molar-refractivity contribution in [3.05, 3.63) is 23.3 Å². The predicted octanol–water partition coefficient (Wildman–Crippen LogP) is 3.88. The normalized spacial score (nSPS) is 35.4. The van der Waals surface area contributed by atoms with Gasteiger partial charge in [0.05, 0.1) is 5.69 Å². The zero-order valence-electron chi connectivity index (χ0n) is 14.4. The number of aromatic hydroxyl groups is 1. The van der Waals surface area contributed by atoms with E-state index in [1.165, 1.54) is 11.1 Å². The van der Waals surface area contributed by atoms with Crippen molar-refractivity contribution in [3.63, 3.8) is 0 Å². The van der Waals surface area contributed by atoms with Gasteiger partial charge < -0.3 is 10.0 Å². The van der Waals surface area contributed by atoms with Crippen molar-refractivity contribution in [1.29, 1.82) is 0 Å². The summed E-state index contributed by atoms with van der Waals surface area (Å²) in [7, 11) is 4.02. The van der Waals surface area contributed by atoms with Gasteiger partial charge in [-0.1, -0.05) is 13.0 Å². The lowest BCUT2D eigenvalue weighted by molar-refractivity contribution is -0.129. The van der Waals surface area contributed by atoms with Crippen LogP contribution in [0.3, 0.4) is 0 Å². The third-order valence-electron chi connectivity index (χ3n) is 7.02. The van der Waals surface area contributed by atoms with Gasteiger partial charge in [-0.05, 0) is 67.1 Å². The number of carbonyl (C=O) groups excluding carboxylic acids is 1. The van der Waals surface area contributed by atoms with E-state index in [9.17, 15) is 9.90 Å². The molecular formula is C20H27NO2. The molecule has 2 fully saturated rings. The van der Waals surface area contributed by atoms with Gasteiger partial charge >= 0.3 is 0 Å². The van der Waals surface area contributed by atoms with E-state index in [2.05, 4.69) is 13.0 Å². The van der Waals surface area contributed by atoms with Gasteiger partial charge in [-0.15, -0.1) is 0 Å². The lowest BCUT2D eigenvalue weighted by Crippen LogP contribution is -2.42. The number of hydrogen-bond acceptors (Lipinski definition) is 3. The Hall–Kier alpha value is -1.51. The van der Waals surface area contributed by atoms with Crippen molar-refractivity contribution >= 4 is 11.5 Å². The van der Waals surface area contributed by atoms with Crippen LogP contribution in [0.15, 0.2) is 12.1 Å². The van der Waals surface area contributed by atoms with Crippen LogP contribution >= 0.6 is 0 Å². The Morgan fingerprint density at radius 1 is 1.17 bits per heavy atom. The van der Waals surface area contributed by atoms with E-state index < -0.39 is 0 Å². The molecule has 0 unspecified atom stereocenters. The summed E-state index contributed by atoms with van der Waals surface area (Å²) in [6.45, 7) is 2.22. The van der Waals surface area contributed by atoms with E-state index in [0.29, 0.717) is 29.3 Å². The second-order valence-corrected chi connectivity index (χ2v) is 8.23. The van der Waals surface area contributed by atoms with E-state index in [1.807, 2.05) is 25.1 Å². The van der Waals surface area contributed by atoms with Gasteiger partial charge in [0, 0.05) is 25.9 Å². The van der Waals surface area contributed by atoms with E-state index in [0.717, 1.165) is 44.2 Å². The Morgan fingerprint density at radius 3 is 2.70 bits per heavy atom. The molecule has 0 heterocycles. The zero-order chi connectivity index (χ0) is 16.4. The lowest BCUT2D eigenvalue weighted by Gasteiger charge is -2.48. The topological polar surface area (TPSA) is 40.5 Å². The van der Waals surface area contributed by atoms with Crippen molar-refractivity contribution < 1.29 is 9.90 Å². The van der Waals surface area contributed by atoms with Gasteiger partial charge in [-0.25, -0.2) is 0 Å². The molecule has 0 aliphatic heterocycles. The van der Waals surface area contributed by atoms with E-state index >= 15 is 0 Å². The van der Waals surface area contributed by atoms with E-state index in [-0.39, 0.29) is 5.41 Å². The van der Waals surface area contributed by atoms with Crippen LogP contribution in [0.25, 0.3) is 0 Å². The van der Waals surface area contributed by atoms with Crippen LogP contribution in [-0.2, 0) is 11.2 Å². The molecular weight excluding hydrogens is 286 g/mol. The van der Waals surface area contributed by atoms with Gasteiger partial charge in [-0.2, -0.15) is 0 Å². The number of benzene rings is 1. The number of nitrogens with zero attached hydrogens (tertiary/aromatic N) is 1. The predicted molar refractivity (Wildman–Crippen MR) is 92.1 cm³/mol. The summed E-state index contributed by atoms with van der Waals surface area (Å²) < 4.78 is 0. The first kappa shape index (κ1) is 15.0. The Balaban J connectivity index is 1.76. The standard InChI is InChI=1S/C20H27NO2/c1-20-11-10-13-12-6-8-17(22)19(21(2)3)15(12)5-4-14(13)16(20)7-9-18(20)23/h6,8,13-14,16,22H,4-5,7,9-11H2,1-3H3/t13-,14-,16+,20+/m1/s1. The fraction of sp³-hybridized carbons (Fsp3) is 0.650. The van der Waals surface area contributed by atoms with Gasteiger partial charge in [0.15, 0.2) is 0 Å². The molecule has 1 aromatic carbocycles. The monoisotopic (exact) mass is 313 g/mol. The van der Waals surface area contributed by atoms with Crippen molar-refractivity contribution in [1.82, 2.24) is 0 Å². The molecule has 0 spiro atoms. The van der Waals surface area contributed by atoms with Crippen LogP contribution in [0.5, 0.6) is 5.75 Å². The molecule has 3 aliphatic carbocycles. The van der Waals surface area contributed by atoms with E-state index in [1.54, 1.807) is 0 Å². The van der Waals surface area contributed by atoms with Gasteiger partial charge in [-0.3, -0.25) is 4.79 Å².